The van der Waals surface area contributed by atoms with E-state index in [0.29, 0.717) is 26.0 Å². The van der Waals surface area contributed by atoms with E-state index in [4.69, 9.17) is 14.2 Å². The minimum absolute atomic E-state index is 0.0883. The number of rotatable bonds is 4. The predicted molar refractivity (Wildman–Crippen MR) is 85.9 cm³/mol. The standard InChI is InChI=1S/C18H23NO5/c20-10-13-7-14-16(9-13)22-6-5-19(14)18(21)4-2-12-1-3-15-17(8-12)24-11-23-15/h1,3,8,13-14,16,20H,2,4-7,9-11H2/t13-,14+,16+/m1/s1. The van der Waals surface area contributed by atoms with Crippen LogP contribution in [0.1, 0.15) is 24.8 Å². The number of aliphatic hydroxyl groups is 1. The van der Waals surface area contributed by atoms with Gasteiger partial charge in [-0.05, 0) is 42.9 Å². The van der Waals surface area contributed by atoms with Gasteiger partial charge >= 0.3 is 0 Å². The van der Waals surface area contributed by atoms with Crippen LogP contribution in [-0.2, 0) is 16.0 Å². The van der Waals surface area contributed by atoms with Crippen LogP contribution >= 0.6 is 0 Å². The minimum Gasteiger partial charge on any atom is -0.454 e. The molecule has 1 N–H and O–H groups in total. The molecule has 130 valence electrons. The lowest BCUT2D eigenvalue weighted by Crippen LogP contribution is -2.51. The molecule has 2 heterocycles. The lowest BCUT2D eigenvalue weighted by atomic mass is 10.1. The summed E-state index contributed by atoms with van der Waals surface area (Å²) in [6, 6.07) is 5.96. The van der Waals surface area contributed by atoms with Gasteiger partial charge in [0.05, 0.1) is 18.8 Å². The number of fused-ring (bicyclic) bond motifs is 2. The van der Waals surface area contributed by atoms with E-state index in [-0.39, 0.29) is 37.4 Å². The van der Waals surface area contributed by atoms with Crippen molar-refractivity contribution in [3.8, 4) is 11.5 Å². The first-order chi connectivity index (χ1) is 11.7. The molecule has 1 amide bonds. The molecule has 3 atom stereocenters. The van der Waals surface area contributed by atoms with Crippen LogP contribution in [0, 0.1) is 5.92 Å². The highest BCUT2D eigenvalue weighted by Gasteiger charge is 2.42. The molecule has 24 heavy (non-hydrogen) atoms. The molecule has 0 aromatic heterocycles. The SMILES string of the molecule is O=C(CCc1ccc2c(c1)OCO2)N1CCO[C@H]2C[C@H](CO)C[C@@H]21. The van der Waals surface area contributed by atoms with Gasteiger partial charge in [-0.1, -0.05) is 6.07 Å². The van der Waals surface area contributed by atoms with Crippen molar-refractivity contribution in [3.63, 3.8) is 0 Å². The van der Waals surface area contributed by atoms with Gasteiger partial charge < -0.3 is 24.2 Å². The Kier molecular flexibility index (Phi) is 4.33. The van der Waals surface area contributed by atoms with Gasteiger partial charge in [-0.15, -0.1) is 0 Å². The van der Waals surface area contributed by atoms with Crippen LogP contribution in [0.2, 0.25) is 0 Å². The fourth-order valence-electron chi connectivity index (χ4n) is 4.00. The first-order valence-corrected chi connectivity index (χ1v) is 8.65. The summed E-state index contributed by atoms with van der Waals surface area (Å²) in [6.45, 7) is 1.69. The molecule has 0 bridgehead atoms. The molecule has 1 saturated carbocycles. The van der Waals surface area contributed by atoms with Crippen LogP contribution in [0.3, 0.4) is 0 Å². The normalized spacial score (nSPS) is 28.0. The average molecular weight is 333 g/mol. The zero-order valence-corrected chi connectivity index (χ0v) is 13.6. The number of ether oxygens (including phenoxy) is 3. The van der Waals surface area contributed by atoms with Crippen LogP contribution < -0.4 is 9.47 Å². The number of aliphatic hydroxyl groups excluding tert-OH is 1. The predicted octanol–water partition coefficient (Wildman–Crippen LogP) is 1.35. The van der Waals surface area contributed by atoms with Crippen molar-refractivity contribution in [2.75, 3.05) is 26.6 Å². The molecule has 6 heteroatoms. The lowest BCUT2D eigenvalue weighted by Gasteiger charge is -2.37. The van der Waals surface area contributed by atoms with Gasteiger partial charge in [-0.2, -0.15) is 0 Å². The molecule has 0 unspecified atom stereocenters. The van der Waals surface area contributed by atoms with Crippen molar-refractivity contribution in [1.82, 2.24) is 4.90 Å². The molecule has 2 fully saturated rings. The second-order valence-corrected chi connectivity index (χ2v) is 6.77. The van der Waals surface area contributed by atoms with Crippen molar-refractivity contribution in [2.24, 2.45) is 5.92 Å². The first-order valence-electron chi connectivity index (χ1n) is 8.65. The quantitative estimate of drug-likeness (QED) is 0.901. The summed E-state index contributed by atoms with van der Waals surface area (Å²) in [5.74, 6) is 1.95. The Morgan fingerprint density at radius 1 is 1.25 bits per heavy atom. The molecule has 3 aliphatic rings. The van der Waals surface area contributed by atoms with E-state index in [0.717, 1.165) is 29.9 Å². The number of amides is 1. The topological polar surface area (TPSA) is 68.2 Å². The number of hydrogen-bond donors (Lipinski definition) is 1. The summed E-state index contributed by atoms with van der Waals surface area (Å²) in [4.78, 5) is 14.7. The number of benzene rings is 1. The Labute approximate surface area is 141 Å². The van der Waals surface area contributed by atoms with Crippen molar-refractivity contribution < 1.29 is 24.1 Å². The highest BCUT2D eigenvalue weighted by molar-refractivity contribution is 5.77. The summed E-state index contributed by atoms with van der Waals surface area (Å²) in [7, 11) is 0. The third-order valence-electron chi connectivity index (χ3n) is 5.28. The fourth-order valence-corrected chi connectivity index (χ4v) is 4.00. The van der Waals surface area contributed by atoms with Gasteiger partial charge in [0.15, 0.2) is 11.5 Å². The number of hydrogen-bond acceptors (Lipinski definition) is 5. The summed E-state index contributed by atoms with van der Waals surface area (Å²) in [6.07, 6.45) is 2.95. The Hall–Kier alpha value is -1.79. The molecule has 0 spiro atoms. The van der Waals surface area contributed by atoms with Crippen molar-refractivity contribution in [3.05, 3.63) is 23.8 Å². The molecule has 0 radical (unpaired) electrons. The monoisotopic (exact) mass is 333 g/mol. The van der Waals surface area contributed by atoms with Gasteiger partial charge in [-0.3, -0.25) is 4.79 Å². The van der Waals surface area contributed by atoms with E-state index >= 15 is 0 Å². The lowest BCUT2D eigenvalue weighted by molar-refractivity contribution is -0.143. The van der Waals surface area contributed by atoms with Gasteiger partial charge in [0.2, 0.25) is 12.7 Å². The average Bonchev–Trinajstić information content (AvgIpc) is 3.24. The Morgan fingerprint density at radius 3 is 3.00 bits per heavy atom. The van der Waals surface area contributed by atoms with E-state index in [1.54, 1.807) is 0 Å². The summed E-state index contributed by atoms with van der Waals surface area (Å²) >= 11 is 0. The van der Waals surface area contributed by atoms with E-state index in [1.165, 1.54) is 0 Å². The maximum Gasteiger partial charge on any atom is 0.231 e. The molecule has 1 aliphatic carbocycles. The second kappa shape index (κ2) is 6.61. The van der Waals surface area contributed by atoms with E-state index in [1.807, 2.05) is 23.1 Å². The molecular formula is C18H23NO5. The molecule has 2 aliphatic heterocycles. The zero-order valence-electron chi connectivity index (χ0n) is 13.6. The maximum atomic E-state index is 12.7. The molecule has 1 saturated heterocycles. The fraction of sp³-hybridized carbons (Fsp3) is 0.611. The van der Waals surface area contributed by atoms with Crippen LogP contribution in [0.4, 0.5) is 0 Å². The van der Waals surface area contributed by atoms with Crippen LogP contribution in [0.15, 0.2) is 18.2 Å². The minimum atomic E-state index is 0.0883. The van der Waals surface area contributed by atoms with Crippen LogP contribution in [0.25, 0.3) is 0 Å². The van der Waals surface area contributed by atoms with Crippen molar-refractivity contribution in [2.45, 2.75) is 37.8 Å². The Balaban J connectivity index is 1.37. The number of morpholine rings is 1. The number of carbonyl (C=O) groups is 1. The second-order valence-electron chi connectivity index (χ2n) is 6.77. The van der Waals surface area contributed by atoms with Crippen molar-refractivity contribution in [1.29, 1.82) is 0 Å². The number of nitrogens with zero attached hydrogens (tertiary/aromatic N) is 1. The number of aryl methyl sites for hydroxylation is 1. The van der Waals surface area contributed by atoms with E-state index in [9.17, 15) is 9.90 Å². The molecular weight excluding hydrogens is 310 g/mol. The van der Waals surface area contributed by atoms with Crippen molar-refractivity contribution >= 4 is 5.91 Å². The number of carbonyl (C=O) groups excluding carboxylic acids is 1. The van der Waals surface area contributed by atoms with Crippen LogP contribution in [-0.4, -0.2) is 54.6 Å². The van der Waals surface area contributed by atoms with Gasteiger partial charge in [0.1, 0.15) is 0 Å². The highest BCUT2D eigenvalue weighted by Crippen LogP contribution is 2.35. The van der Waals surface area contributed by atoms with Gasteiger partial charge in [0.25, 0.3) is 0 Å². The van der Waals surface area contributed by atoms with E-state index < -0.39 is 0 Å². The van der Waals surface area contributed by atoms with E-state index in [2.05, 4.69) is 0 Å². The Bertz CT molecular complexity index is 619. The molecule has 4 rings (SSSR count). The molecule has 1 aromatic carbocycles. The largest absolute Gasteiger partial charge is 0.454 e. The summed E-state index contributed by atoms with van der Waals surface area (Å²) in [5, 5.41) is 9.39. The van der Waals surface area contributed by atoms with Crippen LogP contribution in [0.5, 0.6) is 11.5 Å². The maximum absolute atomic E-state index is 12.7. The molecule has 1 aromatic rings. The van der Waals surface area contributed by atoms with Gasteiger partial charge in [0, 0.05) is 19.6 Å². The third-order valence-corrected chi connectivity index (χ3v) is 5.28. The first kappa shape index (κ1) is 15.7. The highest BCUT2D eigenvalue weighted by atomic mass is 16.7. The smallest absolute Gasteiger partial charge is 0.231 e. The van der Waals surface area contributed by atoms with Gasteiger partial charge in [-0.25, -0.2) is 0 Å². The Morgan fingerprint density at radius 2 is 2.12 bits per heavy atom. The molecule has 6 nitrogen and oxygen atoms in total. The zero-order chi connectivity index (χ0) is 16.5. The summed E-state index contributed by atoms with van der Waals surface area (Å²) < 4.78 is 16.5. The third kappa shape index (κ3) is 2.96. The summed E-state index contributed by atoms with van der Waals surface area (Å²) in [5.41, 5.74) is 1.08.